The maximum Gasteiger partial charge on any atom is 0.0361 e. The summed E-state index contributed by atoms with van der Waals surface area (Å²) in [7, 11) is 6.31. The van der Waals surface area contributed by atoms with Crippen LogP contribution in [0.2, 0.25) is 0 Å². The minimum Gasteiger partial charge on any atom is -0.378 e. The van der Waals surface area contributed by atoms with Crippen molar-refractivity contribution in [1.82, 2.24) is 9.80 Å². The van der Waals surface area contributed by atoms with Gasteiger partial charge in [0, 0.05) is 39.4 Å². The summed E-state index contributed by atoms with van der Waals surface area (Å²) in [6, 6.07) is 8.65. The van der Waals surface area contributed by atoms with Gasteiger partial charge in [-0.25, -0.2) is 0 Å². The maximum absolute atomic E-state index is 2.46. The summed E-state index contributed by atoms with van der Waals surface area (Å²) in [5.41, 5.74) is 2.50. The van der Waals surface area contributed by atoms with Crippen molar-refractivity contribution >= 4 is 11.8 Å². The van der Waals surface area contributed by atoms with Crippen LogP contribution in [0.3, 0.4) is 0 Å². The van der Waals surface area contributed by atoms with Crippen molar-refractivity contribution in [3.63, 3.8) is 0 Å². The standard InChI is InChI=1S/C18H31N3/c1-6-21(7-2)16-15-20(5)14-8-9-17-10-12-18(13-11-17)19(3)4/h8-13H,6-7,14-16H2,1-5H3/b9-8+. The van der Waals surface area contributed by atoms with Crippen molar-refractivity contribution in [3.05, 3.63) is 35.9 Å². The van der Waals surface area contributed by atoms with Gasteiger partial charge in [0.15, 0.2) is 0 Å². The molecule has 1 aromatic carbocycles. The first-order chi connectivity index (χ1) is 10.1. The first-order valence-electron chi connectivity index (χ1n) is 7.91. The smallest absolute Gasteiger partial charge is 0.0361 e. The average Bonchev–Trinajstić information content (AvgIpc) is 2.49. The highest BCUT2D eigenvalue weighted by Gasteiger charge is 2.01. The normalized spacial score (nSPS) is 11.8. The van der Waals surface area contributed by atoms with E-state index in [1.54, 1.807) is 0 Å². The van der Waals surface area contributed by atoms with Gasteiger partial charge >= 0.3 is 0 Å². The van der Waals surface area contributed by atoms with Crippen LogP contribution in [-0.2, 0) is 0 Å². The van der Waals surface area contributed by atoms with Gasteiger partial charge in [-0.1, -0.05) is 38.1 Å². The zero-order valence-electron chi connectivity index (χ0n) is 14.3. The molecule has 0 aliphatic rings. The van der Waals surface area contributed by atoms with Gasteiger partial charge in [-0.3, -0.25) is 0 Å². The van der Waals surface area contributed by atoms with Crippen molar-refractivity contribution < 1.29 is 0 Å². The second-order valence-corrected chi connectivity index (χ2v) is 5.68. The number of hydrogen-bond donors (Lipinski definition) is 0. The molecule has 3 nitrogen and oxygen atoms in total. The first-order valence-corrected chi connectivity index (χ1v) is 7.91. The topological polar surface area (TPSA) is 9.72 Å². The lowest BCUT2D eigenvalue weighted by Gasteiger charge is -2.22. The number of hydrogen-bond acceptors (Lipinski definition) is 3. The van der Waals surface area contributed by atoms with Crippen molar-refractivity contribution in [2.24, 2.45) is 0 Å². The molecule has 1 aromatic rings. The molecule has 0 aliphatic carbocycles. The highest BCUT2D eigenvalue weighted by atomic mass is 15.2. The van der Waals surface area contributed by atoms with E-state index < -0.39 is 0 Å². The van der Waals surface area contributed by atoms with Crippen LogP contribution >= 0.6 is 0 Å². The van der Waals surface area contributed by atoms with Crippen molar-refractivity contribution in [3.8, 4) is 0 Å². The molecule has 3 heteroatoms. The first kappa shape index (κ1) is 17.7. The van der Waals surface area contributed by atoms with E-state index in [0.29, 0.717) is 0 Å². The van der Waals surface area contributed by atoms with Crippen LogP contribution in [0.1, 0.15) is 19.4 Å². The summed E-state index contributed by atoms with van der Waals surface area (Å²) in [5.74, 6) is 0. The fourth-order valence-corrected chi connectivity index (χ4v) is 2.20. The van der Waals surface area contributed by atoms with E-state index in [-0.39, 0.29) is 0 Å². The minimum absolute atomic E-state index is 0.997. The van der Waals surface area contributed by atoms with Crippen molar-refractivity contribution in [1.29, 1.82) is 0 Å². The average molecular weight is 289 g/mol. The molecule has 0 unspecified atom stereocenters. The van der Waals surface area contributed by atoms with Gasteiger partial charge < -0.3 is 14.7 Å². The number of rotatable bonds is 9. The molecule has 0 fully saturated rings. The predicted molar refractivity (Wildman–Crippen MR) is 95.1 cm³/mol. The third kappa shape index (κ3) is 6.78. The molecule has 0 N–H and O–H groups in total. The van der Waals surface area contributed by atoms with Crippen LogP contribution in [0.15, 0.2) is 30.3 Å². The molecule has 0 radical (unpaired) electrons. The van der Waals surface area contributed by atoms with Gasteiger partial charge in [0.05, 0.1) is 0 Å². The maximum atomic E-state index is 2.46. The van der Waals surface area contributed by atoms with Crippen molar-refractivity contribution in [2.75, 3.05) is 58.8 Å². The highest BCUT2D eigenvalue weighted by molar-refractivity contribution is 5.55. The molecular weight excluding hydrogens is 258 g/mol. The zero-order valence-corrected chi connectivity index (χ0v) is 14.3. The zero-order chi connectivity index (χ0) is 15.7. The van der Waals surface area contributed by atoms with E-state index in [1.165, 1.54) is 11.3 Å². The molecule has 0 aromatic heterocycles. The molecule has 1 rings (SSSR count). The second kappa shape index (κ2) is 9.59. The summed E-state index contributed by atoms with van der Waals surface area (Å²) in [4.78, 5) is 6.94. The van der Waals surface area contributed by atoms with E-state index in [0.717, 1.165) is 32.7 Å². The Morgan fingerprint density at radius 3 is 2.05 bits per heavy atom. The Kier molecular flexibility index (Phi) is 8.09. The molecule has 0 heterocycles. The molecule has 0 aliphatic heterocycles. The summed E-state index contributed by atoms with van der Waals surface area (Å²) in [6.07, 6.45) is 4.44. The highest BCUT2D eigenvalue weighted by Crippen LogP contribution is 2.13. The van der Waals surface area contributed by atoms with Crippen LogP contribution in [0, 0.1) is 0 Å². The molecule has 0 saturated carbocycles. The summed E-state index contributed by atoms with van der Waals surface area (Å²) in [6.45, 7) is 9.98. The lowest BCUT2D eigenvalue weighted by molar-refractivity contribution is 0.252. The Hall–Kier alpha value is -1.32. The molecule has 21 heavy (non-hydrogen) atoms. The van der Waals surface area contributed by atoms with Gasteiger partial charge in [0.2, 0.25) is 0 Å². The third-order valence-electron chi connectivity index (χ3n) is 3.83. The van der Waals surface area contributed by atoms with E-state index >= 15 is 0 Å². The number of likely N-dealkylation sites (N-methyl/N-ethyl adjacent to an activating group) is 2. The van der Waals surface area contributed by atoms with Gasteiger partial charge in [-0.05, 0) is 37.8 Å². The van der Waals surface area contributed by atoms with E-state index in [9.17, 15) is 0 Å². The lowest BCUT2D eigenvalue weighted by atomic mass is 10.2. The largest absolute Gasteiger partial charge is 0.378 e. The molecule has 0 amide bonds. The fourth-order valence-electron chi connectivity index (χ4n) is 2.20. The van der Waals surface area contributed by atoms with Crippen molar-refractivity contribution in [2.45, 2.75) is 13.8 Å². The monoisotopic (exact) mass is 289 g/mol. The van der Waals surface area contributed by atoms with Gasteiger partial charge in [-0.15, -0.1) is 0 Å². The molecule has 0 saturated heterocycles. The molecular formula is C18H31N3. The Labute approximate surface area is 130 Å². The summed E-state index contributed by atoms with van der Waals surface area (Å²) >= 11 is 0. The Morgan fingerprint density at radius 2 is 1.52 bits per heavy atom. The summed E-state index contributed by atoms with van der Waals surface area (Å²) in [5, 5.41) is 0. The van der Waals surface area contributed by atoms with Crippen LogP contribution in [0.4, 0.5) is 5.69 Å². The van der Waals surface area contributed by atoms with E-state index in [2.05, 4.69) is 86.1 Å². The predicted octanol–water partition coefficient (Wildman–Crippen LogP) is 3.04. The fraction of sp³-hybridized carbons (Fsp3) is 0.556. The lowest BCUT2D eigenvalue weighted by Crippen LogP contribution is -2.33. The van der Waals surface area contributed by atoms with Gasteiger partial charge in [-0.2, -0.15) is 0 Å². The summed E-state index contributed by atoms with van der Waals surface area (Å²) < 4.78 is 0. The minimum atomic E-state index is 0.997. The van der Waals surface area contributed by atoms with E-state index in [1.807, 2.05) is 0 Å². The van der Waals surface area contributed by atoms with Gasteiger partial charge in [0.1, 0.15) is 0 Å². The molecule has 0 spiro atoms. The van der Waals surface area contributed by atoms with Crippen LogP contribution < -0.4 is 4.90 Å². The molecule has 118 valence electrons. The number of nitrogens with zero attached hydrogens (tertiary/aromatic N) is 3. The van der Waals surface area contributed by atoms with Crippen LogP contribution in [-0.4, -0.2) is 63.7 Å². The van der Waals surface area contributed by atoms with Crippen LogP contribution in [0.25, 0.3) is 6.08 Å². The molecule has 0 atom stereocenters. The quantitative estimate of drug-likeness (QED) is 0.692. The Bertz CT molecular complexity index is 405. The Balaban J connectivity index is 2.36. The Morgan fingerprint density at radius 1 is 0.905 bits per heavy atom. The number of anilines is 1. The second-order valence-electron chi connectivity index (χ2n) is 5.68. The van der Waals surface area contributed by atoms with Gasteiger partial charge in [0.25, 0.3) is 0 Å². The van der Waals surface area contributed by atoms with Crippen LogP contribution in [0.5, 0.6) is 0 Å². The molecule has 0 bridgehead atoms. The SMILES string of the molecule is CCN(CC)CCN(C)C/C=C/c1ccc(N(C)C)cc1. The third-order valence-corrected chi connectivity index (χ3v) is 3.83. The van der Waals surface area contributed by atoms with E-state index in [4.69, 9.17) is 0 Å². The number of benzene rings is 1.